The van der Waals surface area contributed by atoms with Crippen molar-refractivity contribution < 1.29 is 8.95 Å². The van der Waals surface area contributed by atoms with E-state index in [2.05, 4.69) is 54.8 Å². The third-order valence-corrected chi connectivity index (χ3v) is 7.56. The van der Waals surface area contributed by atoms with Gasteiger partial charge in [0.05, 0.1) is 40.4 Å². The molecular weight excluding hydrogens is 382 g/mol. The zero-order valence-electron chi connectivity index (χ0n) is 18.0. The lowest BCUT2D eigenvalue weighted by Gasteiger charge is -2.41. The predicted molar refractivity (Wildman–Crippen MR) is 117 cm³/mol. The van der Waals surface area contributed by atoms with Crippen LogP contribution in [0.5, 0.6) is 5.75 Å². The molecule has 2 heterocycles. The fraction of sp³-hybridized carbons (Fsp3) is 0.478. The van der Waals surface area contributed by atoms with E-state index in [4.69, 9.17) is 4.74 Å². The van der Waals surface area contributed by atoms with Crippen LogP contribution >= 0.6 is 0 Å². The summed E-state index contributed by atoms with van der Waals surface area (Å²) in [5, 5.41) is 0.502. The van der Waals surface area contributed by atoms with Gasteiger partial charge in [0.2, 0.25) is 0 Å². The number of methoxy groups -OCH3 is 1. The number of rotatable bonds is 4. The summed E-state index contributed by atoms with van der Waals surface area (Å²) in [7, 11) is 0.320. The number of ether oxygens (including phenoxy) is 1. The molecule has 6 heteroatoms. The first-order valence-electron chi connectivity index (χ1n) is 10.0. The summed E-state index contributed by atoms with van der Waals surface area (Å²) in [6, 6.07) is 6.23. The van der Waals surface area contributed by atoms with Gasteiger partial charge in [-0.2, -0.15) is 0 Å². The zero-order chi connectivity index (χ0) is 21.0. The fourth-order valence-corrected chi connectivity index (χ4v) is 5.37. The Hall–Kier alpha value is -2.21. The summed E-state index contributed by atoms with van der Waals surface area (Å²) in [6.45, 7) is 11.2. The molecule has 4 rings (SSSR count). The first-order valence-corrected chi connectivity index (χ1v) is 11.4. The first-order chi connectivity index (χ1) is 13.6. The number of nitrogens with one attached hydrogen (secondary N) is 1. The van der Waals surface area contributed by atoms with Gasteiger partial charge in [-0.05, 0) is 59.9 Å². The fourth-order valence-electron chi connectivity index (χ4n) is 4.27. The third-order valence-electron chi connectivity index (χ3n) is 6.39. The van der Waals surface area contributed by atoms with E-state index >= 15 is 0 Å². The molecule has 0 bridgehead atoms. The predicted octanol–water partition coefficient (Wildman–Crippen LogP) is 4.93. The van der Waals surface area contributed by atoms with E-state index in [0.717, 1.165) is 40.9 Å². The molecule has 1 aromatic carbocycles. The number of aromatic nitrogens is 3. The third kappa shape index (κ3) is 3.48. The van der Waals surface area contributed by atoms with Gasteiger partial charge in [-0.1, -0.05) is 27.7 Å². The Labute approximate surface area is 174 Å². The van der Waals surface area contributed by atoms with E-state index in [-0.39, 0.29) is 10.8 Å². The summed E-state index contributed by atoms with van der Waals surface area (Å²) in [5.41, 5.74) is 6.50. The molecule has 0 radical (unpaired) electrons. The molecule has 2 aromatic heterocycles. The summed E-state index contributed by atoms with van der Waals surface area (Å²) >= 11 is 0. The normalized spacial score (nSPS) is 18.4. The van der Waals surface area contributed by atoms with Crippen LogP contribution in [0.2, 0.25) is 0 Å². The Kier molecular flexibility index (Phi) is 4.80. The average molecular weight is 412 g/mol. The quantitative estimate of drug-likeness (QED) is 0.661. The highest BCUT2D eigenvalue weighted by Crippen LogP contribution is 2.46. The number of benzene rings is 1. The van der Waals surface area contributed by atoms with E-state index in [1.807, 2.05) is 13.0 Å². The summed E-state index contributed by atoms with van der Waals surface area (Å²) < 4.78 is 18.4. The number of H-pyrrole nitrogens is 1. The van der Waals surface area contributed by atoms with E-state index in [0.29, 0.717) is 10.9 Å². The van der Waals surface area contributed by atoms with Crippen LogP contribution in [0.15, 0.2) is 29.6 Å². The van der Waals surface area contributed by atoms with Crippen molar-refractivity contribution in [3.8, 4) is 5.75 Å². The van der Waals surface area contributed by atoms with Gasteiger partial charge in [-0.15, -0.1) is 0 Å². The highest BCUT2D eigenvalue weighted by molar-refractivity contribution is 7.84. The molecule has 1 aliphatic carbocycles. The molecule has 0 saturated carbocycles. The van der Waals surface area contributed by atoms with Crippen molar-refractivity contribution >= 4 is 21.8 Å². The van der Waals surface area contributed by atoms with Crippen LogP contribution < -0.4 is 4.74 Å². The van der Waals surface area contributed by atoms with Gasteiger partial charge in [0, 0.05) is 11.8 Å². The minimum atomic E-state index is -1.31. The van der Waals surface area contributed by atoms with Crippen molar-refractivity contribution in [1.82, 2.24) is 15.0 Å². The van der Waals surface area contributed by atoms with Crippen molar-refractivity contribution in [1.29, 1.82) is 0 Å². The summed E-state index contributed by atoms with van der Waals surface area (Å²) in [4.78, 5) is 12.4. The van der Waals surface area contributed by atoms with E-state index in [9.17, 15) is 4.21 Å². The Bertz CT molecular complexity index is 1060. The Morgan fingerprint density at radius 3 is 2.45 bits per heavy atom. The number of fused-ring (bicyclic) bond motifs is 2. The van der Waals surface area contributed by atoms with Crippen LogP contribution in [0.4, 0.5) is 0 Å². The zero-order valence-corrected chi connectivity index (χ0v) is 18.9. The van der Waals surface area contributed by atoms with Gasteiger partial charge in [-0.3, -0.25) is 9.19 Å². The number of pyridine rings is 1. The van der Waals surface area contributed by atoms with Crippen LogP contribution in [0.25, 0.3) is 11.0 Å². The van der Waals surface area contributed by atoms with Crippen LogP contribution in [0.3, 0.4) is 0 Å². The van der Waals surface area contributed by atoms with Crippen molar-refractivity contribution in [2.45, 2.75) is 69.2 Å². The van der Waals surface area contributed by atoms with Gasteiger partial charge in [0.25, 0.3) is 0 Å². The minimum Gasteiger partial charge on any atom is -0.496 e. The topological polar surface area (TPSA) is 67.9 Å². The second-order valence-corrected chi connectivity index (χ2v) is 10.7. The highest BCUT2D eigenvalue weighted by atomic mass is 32.2. The van der Waals surface area contributed by atoms with Crippen molar-refractivity contribution in [3.05, 3.63) is 46.8 Å². The maximum Gasteiger partial charge on any atom is 0.197 e. The van der Waals surface area contributed by atoms with Crippen molar-refractivity contribution in [2.24, 2.45) is 0 Å². The van der Waals surface area contributed by atoms with E-state index < -0.39 is 10.8 Å². The molecular formula is C23H29N3O2S. The molecule has 5 nitrogen and oxygen atoms in total. The second-order valence-electron chi connectivity index (χ2n) is 9.30. The minimum absolute atomic E-state index is 0.124. The van der Waals surface area contributed by atoms with Gasteiger partial charge in [0.1, 0.15) is 5.75 Å². The lowest BCUT2D eigenvalue weighted by atomic mass is 9.63. The number of nitrogens with zero attached hydrogens (tertiary/aromatic N) is 2. The summed E-state index contributed by atoms with van der Waals surface area (Å²) in [5.74, 6) is 1.06. The number of aromatic amines is 1. The molecule has 3 aromatic rings. The monoisotopic (exact) mass is 411 g/mol. The van der Waals surface area contributed by atoms with Gasteiger partial charge < -0.3 is 9.72 Å². The lowest BCUT2D eigenvalue weighted by molar-refractivity contribution is 0.332. The molecule has 1 unspecified atom stereocenters. The van der Waals surface area contributed by atoms with E-state index in [1.165, 1.54) is 11.1 Å². The Balaban J connectivity index is 1.72. The standard InChI is InChI=1S/C23H29N3O2S/c1-14-19(24-10-7-20(14)28-6)13-29(27)21-25-17-11-15-16(12-18(17)26-21)23(4,5)9-8-22(15,2)3/h7,10-12H,8-9,13H2,1-6H3,(H,25,26). The van der Waals surface area contributed by atoms with Crippen LogP contribution in [0, 0.1) is 6.92 Å². The molecule has 29 heavy (non-hydrogen) atoms. The van der Waals surface area contributed by atoms with Crippen LogP contribution in [-0.4, -0.2) is 26.3 Å². The number of imidazole rings is 1. The maximum absolute atomic E-state index is 13.0. The SMILES string of the molecule is COc1ccnc(CS(=O)c2nc3cc4c(cc3[nH]2)C(C)(C)CCC4(C)C)c1C. The van der Waals surface area contributed by atoms with Crippen molar-refractivity contribution in [3.63, 3.8) is 0 Å². The Morgan fingerprint density at radius 2 is 1.79 bits per heavy atom. The largest absolute Gasteiger partial charge is 0.496 e. The second kappa shape index (κ2) is 6.94. The molecule has 1 N–H and O–H groups in total. The van der Waals surface area contributed by atoms with Crippen LogP contribution in [-0.2, 0) is 27.4 Å². The van der Waals surface area contributed by atoms with Gasteiger partial charge in [0.15, 0.2) is 5.16 Å². The van der Waals surface area contributed by atoms with Gasteiger partial charge in [-0.25, -0.2) is 4.98 Å². The molecule has 0 aliphatic heterocycles. The van der Waals surface area contributed by atoms with Crippen molar-refractivity contribution in [2.75, 3.05) is 7.11 Å². The molecule has 0 saturated heterocycles. The smallest absolute Gasteiger partial charge is 0.197 e. The molecule has 0 spiro atoms. The lowest BCUT2D eigenvalue weighted by Crippen LogP contribution is -2.33. The maximum atomic E-state index is 13.0. The number of hydrogen-bond donors (Lipinski definition) is 1. The molecule has 154 valence electrons. The average Bonchev–Trinajstić information content (AvgIpc) is 3.10. The molecule has 0 amide bonds. The summed E-state index contributed by atoms with van der Waals surface area (Å²) in [6.07, 6.45) is 4.00. The molecule has 0 fully saturated rings. The van der Waals surface area contributed by atoms with Crippen LogP contribution in [0.1, 0.15) is 62.9 Å². The van der Waals surface area contributed by atoms with Gasteiger partial charge >= 0.3 is 0 Å². The first kappa shape index (κ1) is 20.1. The highest BCUT2D eigenvalue weighted by Gasteiger charge is 2.37. The molecule has 1 atom stereocenters. The Morgan fingerprint density at radius 1 is 1.14 bits per heavy atom. The molecule has 1 aliphatic rings. The van der Waals surface area contributed by atoms with E-state index in [1.54, 1.807) is 13.3 Å². The number of hydrogen-bond acceptors (Lipinski definition) is 4.